The molecular formula is C12H18BrNO3. The number of aliphatic hydroxyl groups excluding tert-OH is 1. The molecule has 0 amide bonds. The summed E-state index contributed by atoms with van der Waals surface area (Å²) in [5.74, 6) is 1.26. The molecular weight excluding hydrogens is 286 g/mol. The lowest BCUT2D eigenvalue weighted by molar-refractivity contribution is 0.266. The van der Waals surface area contributed by atoms with Crippen LogP contribution in [0.1, 0.15) is 24.1 Å². The molecule has 1 atom stereocenters. The number of rotatable bonds is 5. The molecule has 0 fully saturated rings. The molecule has 1 unspecified atom stereocenters. The first-order valence-electron chi connectivity index (χ1n) is 5.40. The number of ether oxygens (including phenoxy) is 2. The average molecular weight is 304 g/mol. The summed E-state index contributed by atoms with van der Waals surface area (Å²) in [6.45, 7) is 1.93. The van der Waals surface area contributed by atoms with Gasteiger partial charge in [-0.1, -0.05) is 6.92 Å². The summed E-state index contributed by atoms with van der Waals surface area (Å²) in [4.78, 5) is 0. The zero-order chi connectivity index (χ0) is 13.0. The number of benzene rings is 1. The van der Waals surface area contributed by atoms with E-state index in [0.717, 1.165) is 22.0 Å². The van der Waals surface area contributed by atoms with Crippen LogP contribution in [-0.4, -0.2) is 25.9 Å². The predicted octanol–water partition coefficient (Wildman–Crippen LogP) is 2.02. The van der Waals surface area contributed by atoms with Crippen LogP contribution in [0.2, 0.25) is 0 Å². The summed E-state index contributed by atoms with van der Waals surface area (Å²) in [7, 11) is 3.16. The summed E-state index contributed by atoms with van der Waals surface area (Å²) in [6, 6.07) is 1.41. The van der Waals surface area contributed by atoms with Gasteiger partial charge in [0.25, 0.3) is 0 Å². The molecule has 0 aliphatic carbocycles. The fraction of sp³-hybridized carbons (Fsp3) is 0.500. The van der Waals surface area contributed by atoms with E-state index in [-0.39, 0.29) is 6.61 Å². The van der Waals surface area contributed by atoms with E-state index in [1.165, 1.54) is 0 Å². The maximum Gasteiger partial charge on any atom is 0.175 e. The first-order valence-corrected chi connectivity index (χ1v) is 6.19. The van der Waals surface area contributed by atoms with E-state index in [9.17, 15) is 5.11 Å². The molecule has 0 aliphatic rings. The SMILES string of the molecule is CCc1c(C(N)CO)cc(OC)c(OC)c1Br. The highest BCUT2D eigenvalue weighted by Gasteiger charge is 2.19. The average Bonchev–Trinajstić information content (AvgIpc) is 2.36. The van der Waals surface area contributed by atoms with E-state index < -0.39 is 6.04 Å². The van der Waals surface area contributed by atoms with E-state index in [1.807, 2.05) is 13.0 Å². The number of aliphatic hydroxyl groups is 1. The van der Waals surface area contributed by atoms with Crippen molar-refractivity contribution in [3.05, 3.63) is 21.7 Å². The van der Waals surface area contributed by atoms with Crippen LogP contribution in [0.5, 0.6) is 11.5 Å². The molecule has 0 aromatic heterocycles. The third kappa shape index (κ3) is 2.73. The second kappa shape index (κ2) is 6.23. The second-order valence-electron chi connectivity index (χ2n) is 3.64. The maximum absolute atomic E-state index is 9.18. The summed E-state index contributed by atoms with van der Waals surface area (Å²) < 4.78 is 11.4. The summed E-state index contributed by atoms with van der Waals surface area (Å²) in [5, 5.41) is 9.18. The van der Waals surface area contributed by atoms with Crippen molar-refractivity contribution in [1.29, 1.82) is 0 Å². The molecule has 0 heterocycles. The third-order valence-electron chi connectivity index (χ3n) is 2.70. The molecule has 3 N–H and O–H groups in total. The zero-order valence-electron chi connectivity index (χ0n) is 10.3. The number of hydrogen-bond donors (Lipinski definition) is 2. The first kappa shape index (κ1) is 14.3. The van der Waals surface area contributed by atoms with Crippen molar-refractivity contribution < 1.29 is 14.6 Å². The minimum atomic E-state index is -0.416. The Morgan fingerprint density at radius 3 is 2.47 bits per heavy atom. The van der Waals surface area contributed by atoms with Crippen molar-refractivity contribution in [3.63, 3.8) is 0 Å². The first-order chi connectivity index (χ1) is 8.10. The van der Waals surface area contributed by atoms with Crippen molar-refractivity contribution in [2.75, 3.05) is 20.8 Å². The van der Waals surface area contributed by atoms with Crippen molar-refractivity contribution in [1.82, 2.24) is 0 Å². The highest BCUT2D eigenvalue weighted by Crippen LogP contribution is 2.41. The second-order valence-corrected chi connectivity index (χ2v) is 4.43. The largest absolute Gasteiger partial charge is 0.493 e. The molecule has 1 aromatic rings. The molecule has 0 bridgehead atoms. The summed E-state index contributed by atoms with van der Waals surface area (Å²) >= 11 is 3.50. The Bertz CT molecular complexity index is 396. The van der Waals surface area contributed by atoms with Crippen LogP contribution in [-0.2, 0) is 6.42 Å². The summed E-state index contributed by atoms with van der Waals surface area (Å²) in [5.41, 5.74) is 7.79. The quantitative estimate of drug-likeness (QED) is 0.873. The Balaban J connectivity index is 3.45. The van der Waals surface area contributed by atoms with Crippen LogP contribution in [0.15, 0.2) is 10.5 Å². The monoisotopic (exact) mass is 303 g/mol. The van der Waals surface area contributed by atoms with E-state index in [0.29, 0.717) is 11.5 Å². The van der Waals surface area contributed by atoms with Gasteiger partial charge in [-0.25, -0.2) is 0 Å². The van der Waals surface area contributed by atoms with Crippen molar-refractivity contribution in [3.8, 4) is 11.5 Å². The van der Waals surface area contributed by atoms with Gasteiger partial charge in [0, 0.05) is 0 Å². The fourth-order valence-electron chi connectivity index (χ4n) is 1.80. The molecule has 1 aromatic carbocycles. The van der Waals surface area contributed by atoms with Gasteiger partial charge in [-0.05, 0) is 39.5 Å². The topological polar surface area (TPSA) is 64.7 Å². The molecule has 1 rings (SSSR count). The number of hydrogen-bond acceptors (Lipinski definition) is 4. The number of methoxy groups -OCH3 is 2. The maximum atomic E-state index is 9.18. The van der Waals surface area contributed by atoms with Gasteiger partial charge in [0.15, 0.2) is 11.5 Å². The standard InChI is InChI=1S/C12H18BrNO3/c1-4-7-8(9(14)6-15)5-10(16-2)12(17-3)11(7)13/h5,9,15H,4,6,14H2,1-3H3. The Labute approximate surface area is 110 Å². The molecule has 0 spiro atoms. The van der Waals surface area contributed by atoms with E-state index >= 15 is 0 Å². The van der Waals surface area contributed by atoms with Crippen LogP contribution < -0.4 is 15.2 Å². The summed E-state index contributed by atoms with van der Waals surface area (Å²) in [6.07, 6.45) is 0.796. The van der Waals surface area contributed by atoms with Crippen LogP contribution in [0.3, 0.4) is 0 Å². The molecule has 5 heteroatoms. The lowest BCUT2D eigenvalue weighted by atomic mass is 9.98. The minimum Gasteiger partial charge on any atom is -0.493 e. The van der Waals surface area contributed by atoms with Gasteiger partial charge in [-0.2, -0.15) is 0 Å². The zero-order valence-corrected chi connectivity index (χ0v) is 11.9. The number of nitrogens with two attached hydrogens (primary N) is 1. The van der Waals surface area contributed by atoms with Crippen molar-refractivity contribution >= 4 is 15.9 Å². The predicted molar refractivity (Wildman–Crippen MR) is 70.6 cm³/mol. The van der Waals surface area contributed by atoms with Crippen LogP contribution in [0.25, 0.3) is 0 Å². The van der Waals surface area contributed by atoms with Gasteiger partial charge in [0.05, 0.1) is 31.3 Å². The lowest BCUT2D eigenvalue weighted by Gasteiger charge is -2.19. The Morgan fingerprint density at radius 2 is 2.06 bits per heavy atom. The Kier molecular flexibility index (Phi) is 5.24. The molecule has 4 nitrogen and oxygen atoms in total. The highest BCUT2D eigenvalue weighted by molar-refractivity contribution is 9.10. The molecule has 96 valence electrons. The Hall–Kier alpha value is -0.780. The number of halogens is 1. The van der Waals surface area contributed by atoms with Gasteiger partial charge >= 0.3 is 0 Å². The fourth-order valence-corrected chi connectivity index (χ4v) is 2.66. The van der Waals surface area contributed by atoms with Crippen molar-refractivity contribution in [2.45, 2.75) is 19.4 Å². The minimum absolute atomic E-state index is 0.102. The van der Waals surface area contributed by atoms with E-state index in [1.54, 1.807) is 14.2 Å². The highest BCUT2D eigenvalue weighted by atomic mass is 79.9. The van der Waals surface area contributed by atoms with Gasteiger partial charge in [0.1, 0.15) is 0 Å². The molecule has 0 aliphatic heterocycles. The molecule has 17 heavy (non-hydrogen) atoms. The lowest BCUT2D eigenvalue weighted by Crippen LogP contribution is -2.17. The van der Waals surface area contributed by atoms with E-state index in [2.05, 4.69) is 15.9 Å². The normalized spacial score (nSPS) is 12.4. The molecule has 0 radical (unpaired) electrons. The Morgan fingerprint density at radius 1 is 1.41 bits per heavy atom. The van der Waals surface area contributed by atoms with E-state index in [4.69, 9.17) is 15.2 Å². The van der Waals surface area contributed by atoms with Crippen LogP contribution in [0, 0.1) is 0 Å². The van der Waals surface area contributed by atoms with Gasteiger partial charge < -0.3 is 20.3 Å². The van der Waals surface area contributed by atoms with Gasteiger partial charge in [-0.3, -0.25) is 0 Å². The smallest absolute Gasteiger partial charge is 0.175 e. The third-order valence-corrected chi connectivity index (χ3v) is 3.54. The van der Waals surface area contributed by atoms with Crippen LogP contribution in [0.4, 0.5) is 0 Å². The molecule has 0 saturated carbocycles. The van der Waals surface area contributed by atoms with Gasteiger partial charge in [0.2, 0.25) is 0 Å². The van der Waals surface area contributed by atoms with Crippen molar-refractivity contribution in [2.24, 2.45) is 5.73 Å². The van der Waals surface area contributed by atoms with Gasteiger partial charge in [-0.15, -0.1) is 0 Å². The molecule has 0 saturated heterocycles. The van der Waals surface area contributed by atoms with Crippen LogP contribution >= 0.6 is 15.9 Å².